The Labute approximate surface area is 83.6 Å². The molecule has 0 aliphatic carbocycles. The van der Waals surface area contributed by atoms with Gasteiger partial charge in [0.1, 0.15) is 0 Å². The summed E-state index contributed by atoms with van der Waals surface area (Å²) in [6.07, 6.45) is 1.41. The molecule has 1 amide bonds. The van der Waals surface area contributed by atoms with E-state index in [4.69, 9.17) is 5.14 Å². The Bertz CT molecular complexity index is 314. The molecule has 0 spiro atoms. The van der Waals surface area contributed by atoms with Crippen molar-refractivity contribution in [2.45, 2.75) is 25.8 Å². The van der Waals surface area contributed by atoms with E-state index in [1.807, 2.05) is 0 Å². The molecule has 14 heavy (non-hydrogen) atoms. The molecule has 1 fully saturated rings. The zero-order chi connectivity index (χ0) is 10.8. The first-order valence-corrected chi connectivity index (χ1v) is 6.01. The minimum atomic E-state index is -3.67. The van der Waals surface area contributed by atoms with Gasteiger partial charge in [0.05, 0.1) is 0 Å². The minimum Gasteiger partial charge on any atom is -0.341 e. The van der Waals surface area contributed by atoms with Crippen LogP contribution in [0.4, 0.5) is 0 Å². The monoisotopic (exact) mass is 221 g/mol. The fourth-order valence-electron chi connectivity index (χ4n) is 1.55. The Hall–Kier alpha value is -0.660. The molecule has 3 N–H and O–H groups in total. The van der Waals surface area contributed by atoms with Crippen LogP contribution in [0.5, 0.6) is 0 Å². The lowest BCUT2D eigenvalue weighted by atomic mass is 10.3. The molecule has 7 heteroatoms. The molecule has 1 unspecified atom stereocenters. The highest BCUT2D eigenvalue weighted by Crippen LogP contribution is 2.09. The predicted molar refractivity (Wildman–Crippen MR) is 51.5 cm³/mol. The summed E-state index contributed by atoms with van der Waals surface area (Å²) in [7, 11) is -3.67. The number of nitrogens with zero attached hydrogens (tertiary/aromatic N) is 1. The SMILES string of the molecule is CC(CN1CCCC1=O)NS(N)(=O)=O. The predicted octanol–water partition coefficient (Wildman–Crippen LogP) is -1.21. The lowest BCUT2D eigenvalue weighted by Gasteiger charge is -2.20. The average molecular weight is 221 g/mol. The van der Waals surface area contributed by atoms with Crippen LogP contribution in [0.25, 0.3) is 0 Å². The Balaban J connectivity index is 2.40. The Morgan fingerprint density at radius 1 is 1.64 bits per heavy atom. The van der Waals surface area contributed by atoms with Crippen molar-refractivity contribution in [1.82, 2.24) is 9.62 Å². The van der Waals surface area contributed by atoms with Crippen LogP contribution in [0.1, 0.15) is 19.8 Å². The molecule has 1 aliphatic rings. The molecule has 0 bridgehead atoms. The molecular weight excluding hydrogens is 206 g/mol. The van der Waals surface area contributed by atoms with Gasteiger partial charge in [0.2, 0.25) is 5.91 Å². The van der Waals surface area contributed by atoms with E-state index < -0.39 is 10.2 Å². The van der Waals surface area contributed by atoms with E-state index in [2.05, 4.69) is 4.72 Å². The van der Waals surface area contributed by atoms with Crippen molar-refractivity contribution in [3.05, 3.63) is 0 Å². The number of hydrogen-bond donors (Lipinski definition) is 2. The topological polar surface area (TPSA) is 92.5 Å². The number of nitrogens with one attached hydrogen (secondary N) is 1. The summed E-state index contributed by atoms with van der Waals surface area (Å²) in [5.41, 5.74) is 0. The zero-order valence-corrected chi connectivity index (χ0v) is 8.88. The van der Waals surface area contributed by atoms with Crippen molar-refractivity contribution in [3.63, 3.8) is 0 Å². The zero-order valence-electron chi connectivity index (χ0n) is 8.06. The fraction of sp³-hybridized carbons (Fsp3) is 0.857. The first-order valence-electron chi connectivity index (χ1n) is 4.46. The molecule has 0 aromatic heterocycles. The minimum absolute atomic E-state index is 0.0769. The van der Waals surface area contributed by atoms with Gasteiger partial charge in [0.15, 0.2) is 0 Å². The molecular formula is C7H15N3O3S. The average Bonchev–Trinajstić information content (AvgIpc) is 2.32. The molecule has 1 atom stereocenters. The molecule has 1 heterocycles. The Kier molecular flexibility index (Phi) is 3.46. The summed E-state index contributed by atoms with van der Waals surface area (Å²) < 4.78 is 23.5. The van der Waals surface area contributed by atoms with Crippen LogP contribution in [0.15, 0.2) is 0 Å². The molecule has 0 aromatic rings. The van der Waals surface area contributed by atoms with Gasteiger partial charge in [-0.3, -0.25) is 4.79 Å². The molecule has 0 radical (unpaired) electrons. The highest BCUT2D eigenvalue weighted by Gasteiger charge is 2.22. The maximum atomic E-state index is 11.2. The van der Waals surface area contributed by atoms with Gasteiger partial charge in [-0.2, -0.15) is 13.1 Å². The van der Waals surface area contributed by atoms with E-state index in [0.717, 1.165) is 6.42 Å². The quantitative estimate of drug-likeness (QED) is 0.624. The molecule has 1 rings (SSSR count). The van der Waals surface area contributed by atoms with E-state index >= 15 is 0 Å². The second kappa shape index (κ2) is 4.24. The first-order chi connectivity index (χ1) is 6.38. The van der Waals surface area contributed by atoms with Gasteiger partial charge in [0, 0.05) is 25.6 Å². The molecule has 1 aliphatic heterocycles. The van der Waals surface area contributed by atoms with Crippen LogP contribution in [0, 0.1) is 0 Å². The third-order valence-electron chi connectivity index (χ3n) is 2.03. The number of likely N-dealkylation sites (tertiary alicyclic amines) is 1. The lowest BCUT2D eigenvalue weighted by molar-refractivity contribution is -0.127. The molecule has 0 saturated carbocycles. The van der Waals surface area contributed by atoms with Gasteiger partial charge >= 0.3 is 0 Å². The van der Waals surface area contributed by atoms with Gasteiger partial charge < -0.3 is 4.90 Å². The van der Waals surface area contributed by atoms with Gasteiger partial charge in [-0.05, 0) is 13.3 Å². The standard InChI is InChI=1S/C7H15N3O3S/c1-6(9-14(8,12)13)5-10-4-2-3-7(10)11/h6,9H,2-5H2,1H3,(H2,8,12,13). The maximum absolute atomic E-state index is 11.2. The maximum Gasteiger partial charge on any atom is 0.274 e. The third kappa shape index (κ3) is 3.60. The van der Waals surface area contributed by atoms with Gasteiger partial charge in [-0.25, -0.2) is 5.14 Å². The number of rotatable bonds is 4. The molecule has 0 aromatic carbocycles. The lowest BCUT2D eigenvalue weighted by Crippen LogP contribution is -2.44. The number of carbonyl (C=O) groups is 1. The normalized spacial score (nSPS) is 20.1. The van der Waals surface area contributed by atoms with Crippen molar-refractivity contribution in [2.24, 2.45) is 5.14 Å². The summed E-state index contributed by atoms with van der Waals surface area (Å²) in [5.74, 6) is 0.0769. The number of hydrogen-bond acceptors (Lipinski definition) is 3. The second-order valence-electron chi connectivity index (χ2n) is 3.51. The van der Waals surface area contributed by atoms with E-state index in [9.17, 15) is 13.2 Å². The van der Waals surface area contributed by atoms with E-state index in [1.54, 1.807) is 11.8 Å². The molecule has 6 nitrogen and oxygen atoms in total. The van der Waals surface area contributed by atoms with Crippen molar-refractivity contribution < 1.29 is 13.2 Å². The fourth-order valence-corrected chi connectivity index (χ4v) is 2.18. The van der Waals surface area contributed by atoms with Crippen LogP contribution in [0.2, 0.25) is 0 Å². The van der Waals surface area contributed by atoms with E-state index in [0.29, 0.717) is 19.5 Å². The van der Waals surface area contributed by atoms with Gasteiger partial charge in [-0.1, -0.05) is 0 Å². The van der Waals surface area contributed by atoms with E-state index in [1.165, 1.54) is 0 Å². The second-order valence-corrected chi connectivity index (χ2v) is 4.83. The first kappa shape index (κ1) is 11.4. The number of nitrogens with two attached hydrogens (primary N) is 1. The van der Waals surface area contributed by atoms with Crippen LogP contribution >= 0.6 is 0 Å². The largest absolute Gasteiger partial charge is 0.341 e. The van der Waals surface area contributed by atoms with Crippen LogP contribution in [0.3, 0.4) is 0 Å². The van der Waals surface area contributed by atoms with Crippen LogP contribution < -0.4 is 9.86 Å². The summed E-state index contributed by atoms with van der Waals surface area (Å²) in [4.78, 5) is 12.8. The number of carbonyl (C=O) groups excluding carboxylic acids is 1. The van der Waals surface area contributed by atoms with Gasteiger partial charge in [-0.15, -0.1) is 0 Å². The van der Waals surface area contributed by atoms with E-state index in [-0.39, 0.29) is 11.9 Å². The summed E-state index contributed by atoms with van der Waals surface area (Å²) in [5, 5.41) is 4.80. The molecule has 82 valence electrons. The highest BCUT2D eigenvalue weighted by molar-refractivity contribution is 7.87. The summed E-state index contributed by atoms with van der Waals surface area (Å²) in [6.45, 7) is 2.76. The van der Waals surface area contributed by atoms with Crippen molar-refractivity contribution in [3.8, 4) is 0 Å². The van der Waals surface area contributed by atoms with Crippen LogP contribution in [-0.4, -0.2) is 38.4 Å². The Morgan fingerprint density at radius 2 is 2.29 bits per heavy atom. The van der Waals surface area contributed by atoms with Crippen molar-refractivity contribution in [2.75, 3.05) is 13.1 Å². The smallest absolute Gasteiger partial charge is 0.274 e. The van der Waals surface area contributed by atoms with Crippen LogP contribution in [-0.2, 0) is 15.0 Å². The summed E-state index contributed by atoms with van der Waals surface area (Å²) >= 11 is 0. The Morgan fingerprint density at radius 3 is 2.71 bits per heavy atom. The van der Waals surface area contributed by atoms with Gasteiger partial charge in [0.25, 0.3) is 10.2 Å². The van der Waals surface area contributed by atoms with Crippen molar-refractivity contribution >= 4 is 16.1 Å². The third-order valence-corrected chi connectivity index (χ3v) is 2.76. The molecule has 1 saturated heterocycles. The van der Waals surface area contributed by atoms with Crippen molar-refractivity contribution in [1.29, 1.82) is 0 Å². The number of amides is 1. The summed E-state index contributed by atoms with van der Waals surface area (Å²) in [6, 6.07) is -0.341. The highest BCUT2D eigenvalue weighted by atomic mass is 32.2.